The first kappa shape index (κ1) is 15.0. The van der Waals surface area contributed by atoms with Crippen LogP contribution in [-0.4, -0.2) is 40.0 Å². The molecule has 5 nitrogen and oxygen atoms in total. The molecule has 6 heteroatoms. The Morgan fingerprint density at radius 3 is 2.91 bits per heavy atom. The van der Waals surface area contributed by atoms with Gasteiger partial charge in [-0.15, -0.1) is 11.3 Å². The summed E-state index contributed by atoms with van der Waals surface area (Å²) in [6.07, 6.45) is 2.58. The number of benzene rings is 1. The van der Waals surface area contributed by atoms with Crippen LogP contribution in [0.5, 0.6) is 0 Å². The number of amides is 1. The molecule has 1 aliphatic rings. The molecule has 116 valence electrons. The second-order valence-electron chi connectivity index (χ2n) is 5.59. The Labute approximate surface area is 132 Å². The van der Waals surface area contributed by atoms with E-state index in [-0.39, 0.29) is 5.91 Å². The molecular formula is C16H18N2O3S. The molecule has 1 N–H and O–H groups in total. The predicted octanol–water partition coefficient (Wildman–Crippen LogP) is 2.55. The van der Waals surface area contributed by atoms with Gasteiger partial charge in [-0.2, -0.15) is 0 Å². The van der Waals surface area contributed by atoms with E-state index in [1.54, 1.807) is 16.2 Å². The molecular weight excluding hydrogens is 300 g/mol. The van der Waals surface area contributed by atoms with Crippen molar-refractivity contribution in [2.24, 2.45) is 5.92 Å². The summed E-state index contributed by atoms with van der Waals surface area (Å²) in [6.45, 7) is 0.923. The molecule has 0 spiro atoms. The van der Waals surface area contributed by atoms with E-state index in [2.05, 4.69) is 11.1 Å². The highest BCUT2D eigenvalue weighted by Crippen LogP contribution is 2.23. The van der Waals surface area contributed by atoms with Gasteiger partial charge in [0.05, 0.1) is 21.1 Å². The molecule has 3 rings (SSSR count). The highest BCUT2D eigenvalue weighted by molar-refractivity contribution is 7.18. The van der Waals surface area contributed by atoms with Crippen molar-refractivity contribution in [3.63, 3.8) is 0 Å². The largest absolute Gasteiger partial charge is 0.481 e. The minimum absolute atomic E-state index is 0.0601. The van der Waals surface area contributed by atoms with Crippen molar-refractivity contribution in [2.75, 3.05) is 13.1 Å². The molecule has 1 aromatic carbocycles. The number of para-hydroxylation sites is 1. The van der Waals surface area contributed by atoms with Crippen LogP contribution in [0, 0.1) is 5.92 Å². The minimum atomic E-state index is -0.801. The second-order valence-corrected chi connectivity index (χ2v) is 6.71. The molecule has 0 saturated carbocycles. The van der Waals surface area contributed by atoms with Crippen LogP contribution in [0.2, 0.25) is 0 Å². The lowest BCUT2D eigenvalue weighted by Crippen LogP contribution is -2.29. The van der Waals surface area contributed by atoms with Gasteiger partial charge < -0.3 is 10.0 Å². The number of hydrogen-bond acceptors (Lipinski definition) is 4. The molecule has 0 radical (unpaired) electrons. The first-order chi connectivity index (χ1) is 10.6. The lowest BCUT2D eigenvalue weighted by atomic mass is 10.1. The van der Waals surface area contributed by atoms with Gasteiger partial charge in [-0.25, -0.2) is 4.98 Å². The van der Waals surface area contributed by atoms with Crippen LogP contribution in [0.3, 0.4) is 0 Å². The maximum atomic E-state index is 12.1. The van der Waals surface area contributed by atoms with Gasteiger partial charge in [-0.05, 0) is 31.4 Å². The van der Waals surface area contributed by atoms with Gasteiger partial charge in [-0.1, -0.05) is 12.1 Å². The van der Waals surface area contributed by atoms with Gasteiger partial charge in [-0.3, -0.25) is 9.59 Å². The van der Waals surface area contributed by atoms with Gasteiger partial charge in [0.1, 0.15) is 0 Å². The molecule has 1 atom stereocenters. The molecule has 0 unspecified atom stereocenters. The predicted molar refractivity (Wildman–Crippen MR) is 84.9 cm³/mol. The van der Waals surface area contributed by atoms with Gasteiger partial charge in [0.25, 0.3) is 0 Å². The summed E-state index contributed by atoms with van der Waals surface area (Å²) in [7, 11) is 0. The van der Waals surface area contributed by atoms with Crippen LogP contribution in [0.1, 0.15) is 24.3 Å². The number of aryl methyl sites for hydroxylation is 1. The first-order valence-corrected chi connectivity index (χ1v) is 8.30. The SMILES string of the molecule is O=C(O)[C@@H]1CCN(C(=O)CCCc2nc3ccccc3s2)C1. The van der Waals surface area contributed by atoms with E-state index in [9.17, 15) is 9.59 Å². The summed E-state index contributed by atoms with van der Waals surface area (Å²) in [5, 5.41) is 10.0. The van der Waals surface area contributed by atoms with Gasteiger partial charge in [0.15, 0.2) is 0 Å². The summed E-state index contributed by atoms with van der Waals surface area (Å²) in [5.74, 6) is -1.14. The Kier molecular flexibility index (Phi) is 4.38. The van der Waals surface area contributed by atoms with Gasteiger partial charge >= 0.3 is 5.97 Å². The zero-order valence-corrected chi connectivity index (χ0v) is 13.0. The normalized spacial score (nSPS) is 18.0. The molecule has 1 saturated heterocycles. The van der Waals surface area contributed by atoms with E-state index in [0.717, 1.165) is 23.4 Å². The third kappa shape index (κ3) is 3.27. The number of rotatable bonds is 5. The van der Waals surface area contributed by atoms with E-state index in [1.807, 2.05) is 18.2 Å². The summed E-state index contributed by atoms with van der Waals surface area (Å²) in [4.78, 5) is 29.2. The Bertz CT molecular complexity index is 665. The maximum Gasteiger partial charge on any atom is 0.308 e. The maximum absolute atomic E-state index is 12.1. The first-order valence-electron chi connectivity index (χ1n) is 7.48. The Morgan fingerprint density at radius 1 is 1.36 bits per heavy atom. The summed E-state index contributed by atoms with van der Waals surface area (Å²) in [5.41, 5.74) is 1.01. The second kappa shape index (κ2) is 6.44. The van der Waals surface area contributed by atoms with Crippen molar-refractivity contribution in [1.82, 2.24) is 9.88 Å². The topological polar surface area (TPSA) is 70.5 Å². The number of hydrogen-bond donors (Lipinski definition) is 1. The lowest BCUT2D eigenvalue weighted by molar-refractivity contribution is -0.141. The molecule has 0 bridgehead atoms. The smallest absolute Gasteiger partial charge is 0.308 e. The van der Waals surface area contributed by atoms with Crippen molar-refractivity contribution in [3.8, 4) is 0 Å². The minimum Gasteiger partial charge on any atom is -0.481 e. The number of thiazole rings is 1. The molecule has 22 heavy (non-hydrogen) atoms. The van der Waals surface area contributed by atoms with Gasteiger partial charge in [0, 0.05) is 19.5 Å². The molecule has 0 aliphatic carbocycles. The highest BCUT2D eigenvalue weighted by atomic mass is 32.1. The van der Waals surface area contributed by atoms with Crippen LogP contribution >= 0.6 is 11.3 Å². The molecule has 1 fully saturated rings. The number of carboxylic acid groups (broad SMARTS) is 1. The third-order valence-electron chi connectivity index (χ3n) is 4.01. The van der Waals surface area contributed by atoms with E-state index in [4.69, 9.17) is 5.11 Å². The van der Waals surface area contributed by atoms with Crippen LogP contribution < -0.4 is 0 Å². The molecule has 2 aromatic rings. The average Bonchev–Trinajstić information content (AvgIpc) is 3.13. The van der Waals surface area contributed by atoms with Crippen LogP contribution in [0.15, 0.2) is 24.3 Å². The summed E-state index contributed by atoms with van der Waals surface area (Å²) < 4.78 is 1.17. The number of nitrogens with zero attached hydrogens (tertiary/aromatic N) is 2. The summed E-state index contributed by atoms with van der Waals surface area (Å²) >= 11 is 1.67. The fraction of sp³-hybridized carbons (Fsp3) is 0.438. The number of carboxylic acids is 1. The van der Waals surface area contributed by atoms with Crippen LogP contribution in [0.25, 0.3) is 10.2 Å². The van der Waals surface area contributed by atoms with E-state index >= 15 is 0 Å². The number of likely N-dealkylation sites (tertiary alicyclic amines) is 1. The fourth-order valence-electron chi connectivity index (χ4n) is 2.76. The summed E-state index contributed by atoms with van der Waals surface area (Å²) in [6, 6.07) is 8.02. The Morgan fingerprint density at radius 2 is 2.18 bits per heavy atom. The lowest BCUT2D eigenvalue weighted by Gasteiger charge is -2.15. The highest BCUT2D eigenvalue weighted by Gasteiger charge is 2.30. The van der Waals surface area contributed by atoms with E-state index < -0.39 is 11.9 Å². The quantitative estimate of drug-likeness (QED) is 0.920. The average molecular weight is 318 g/mol. The number of aliphatic carboxylic acids is 1. The van der Waals surface area contributed by atoms with Crippen LogP contribution in [-0.2, 0) is 16.0 Å². The van der Waals surface area contributed by atoms with Crippen molar-refractivity contribution in [2.45, 2.75) is 25.7 Å². The van der Waals surface area contributed by atoms with Crippen LogP contribution in [0.4, 0.5) is 0 Å². The Hall–Kier alpha value is -1.95. The number of carbonyl (C=O) groups is 2. The third-order valence-corrected chi connectivity index (χ3v) is 5.11. The van der Waals surface area contributed by atoms with Crippen molar-refractivity contribution in [3.05, 3.63) is 29.3 Å². The molecule has 1 amide bonds. The van der Waals surface area contributed by atoms with Crippen molar-refractivity contribution >= 4 is 33.4 Å². The number of aromatic nitrogens is 1. The number of fused-ring (bicyclic) bond motifs is 1. The zero-order valence-electron chi connectivity index (χ0n) is 12.2. The van der Waals surface area contributed by atoms with E-state index in [1.165, 1.54) is 4.70 Å². The Balaban J connectivity index is 1.48. The van der Waals surface area contributed by atoms with Crippen molar-refractivity contribution < 1.29 is 14.7 Å². The van der Waals surface area contributed by atoms with Gasteiger partial charge in [0.2, 0.25) is 5.91 Å². The monoisotopic (exact) mass is 318 g/mol. The fourth-order valence-corrected chi connectivity index (χ4v) is 3.77. The zero-order chi connectivity index (χ0) is 15.5. The molecule has 1 aromatic heterocycles. The molecule has 2 heterocycles. The number of carbonyl (C=O) groups excluding carboxylic acids is 1. The van der Waals surface area contributed by atoms with E-state index in [0.29, 0.717) is 25.9 Å². The standard InChI is InChI=1S/C16H18N2O3S/c19-15(18-9-8-11(10-18)16(20)21)7-3-6-14-17-12-4-1-2-5-13(12)22-14/h1-2,4-5,11H,3,6-10H2,(H,20,21)/t11-/m1/s1. The molecule has 1 aliphatic heterocycles. The van der Waals surface area contributed by atoms with Crippen molar-refractivity contribution in [1.29, 1.82) is 0 Å².